The molecule has 0 unspecified atom stereocenters. The normalized spacial score (nSPS) is 9.88. The Kier molecular flexibility index (Phi) is 3.58. The molecule has 0 amide bonds. The lowest BCUT2D eigenvalue weighted by Gasteiger charge is -2.06. The quantitative estimate of drug-likeness (QED) is 0.517. The highest BCUT2D eigenvalue weighted by Gasteiger charge is 1.99. The van der Waals surface area contributed by atoms with E-state index < -0.39 is 0 Å². The van der Waals surface area contributed by atoms with Gasteiger partial charge < -0.3 is 10.2 Å². The number of pyridine rings is 1. The largest absolute Gasteiger partial charge is 0.439 e. The maximum absolute atomic E-state index is 5.57. The van der Waals surface area contributed by atoms with Crippen LogP contribution in [0.2, 0.25) is 0 Å². The Bertz CT molecular complexity index is 473. The van der Waals surface area contributed by atoms with E-state index in [0.717, 1.165) is 9.32 Å². The van der Waals surface area contributed by atoms with E-state index in [4.69, 9.17) is 10.6 Å². The second kappa shape index (κ2) is 5.13. The van der Waals surface area contributed by atoms with Crippen LogP contribution in [0.1, 0.15) is 0 Å². The number of nitrogens with one attached hydrogen (secondary N) is 1. The molecule has 82 valence electrons. The van der Waals surface area contributed by atoms with Crippen LogP contribution in [-0.4, -0.2) is 4.98 Å². The van der Waals surface area contributed by atoms with Gasteiger partial charge in [-0.1, -0.05) is 6.07 Å². The second-order valence-corrected chi connectivity index (χ2v) is 4.31. The number of aromatic nitrogens is 1. The predicted molar refractivity (Wildman–Crippen MR) is 71.3 cm³/mol. The topological polar surface area (TPSA) is 60.2 Å². The molecular formula is C11H10IN3O. The fraction of sp³-hybridized carbons (Fsp3) is 0. The van der Waals surface area contributed by atoms with Crippen LogP contribution in [0, 0.1) is 3.57 Å². The van der Waals surface area contributed by atoms with Gasteiger partial charge in [0.15, 0.2) is 0 Å². The molecule has 1 aromatic heterocycles. The van der Waals surface area contributed by atoms with E-state index >= 15 is 0 Å². The lowest BCUT2D eigenvalue weighted by atomic mass is 10.3. The number of nitrogens with zero attached hydrogens (tertiary/aromatic N) is 1. The zero-order valence-electron chi connectivity index (χ0n) is 8.35. The summed E-state index contributed by atoms with van der Waals surface area (Å²) in [7, 11) is 0. The standard InChI is InChI=1S/C11H10IN3O/c12-8-4-6-9(7-5-8)16-11-3-1-2-10(14-11)15-13/h1-7H,13H2,(H,14,15). The molecule has 5 heteroatoms. The van der Waals surface area contributed by atoms with Gasteiger partial charge in [0.2, 0.25) is 5.88 Å². The fourth-order valence-electron chi connectivity index (χ4n) is 1.18. The third-order valence-corrected chi connectivity index (χ3v) is 2.63. The van der Waals surface area contributed by atoms with Gasteiger partial charge in [-0.25, -0.2) is 5.84 Å². The second-order valence-electron chi connectivity index (χ2n) is 3.06. The summed E-state index contributed by atoms with van der Waals surface area (Å²) in [5.74, 6) is 7.10. The molecule has 0 aliphatic rings. The van der Waals surface area contributed by atoms with Gasteiger partial charge in [-0.15, -0.1) is 0 Å². The Morgan fingerprint density at radius 2 is 1.88 bits per heavy atom. The van der Waals surface area contributed by atoms with E-state index in [9.17, 15) is 0 Å². The number of rotatable bonds is 3. The number of anilines is 1. The van der Waals surface area contributed by atoms with Crippen molar-refractivity contribution in [3.8, 4) is 11.6 Å². The summed E-state index contributed by atoms with van der Waals surface area (Å²) >= 11 is 2.24. The molecule has 0 radical (unpaired) electrons. The molecule has 0 spiro atoms. The Hall–Kier alpha value is -1.34. The molecule has 0 bridgehead atoms. The molecule has 0 saturated heterocycles. The predicted octanol–water partition coefficient (Wildman–Crippen LogP) is 2.76. The molecular weight excluding hydrogens is 317 g/mol. The van der Waals surface area contributed by atoms with Crippen molar-refractivity contribution in [2.75, 3.05) is 5.43 Å². The Morgan fingerprint density at radius 3 is 2.56 bits per heavy atom. The molecule has 0 atom stereocenters. The average molecular weight is 327 g/mol. The van der Waals surface area contributed by atoms with Crippen molar-refractivity contribution >= 4 is 28.4 Å². The maximum Gasteiger partial charge on any atom is 0.221 e. The molecule has 1 aromatic carbocycles. The van der Waals surface area contributed by atoms with Gasteiger partial charge in [0.25, 0.3) is 0 Å². The van der Waals surface area contributed by atoms with E-state index in [0.29, 0.717) is 11.7 Å². The van der Waals surface area contributed by atoms with Gasteiger partial charge in [-0.05, 0) is 52.9 Å². The SMILES string of the molecule is NNc1cccc(Oc2ccc(I)cc2)n1. The molecule has 4 nitrogen and oxygen atoms in total. The molecule has 16 heavy (non-hydrogen) atoms. The molecule has 0 saturated carbocycles. The molecule has 2 rings (SSSR count). The highest BCUT2D eigenvalue weighted by Crippen LogP contribution is 2.21. The summed E-state index contributed by atoms with van der Waals surface area (Å²) in [5.41, 5.74) is 2.47. The van der Waals surface area contributed by atoms with Crippen molar-refractivity contribution in [3.05, 3.63) is 46.0 Å². The van der Waals surface area contributed by atoms with Gasteiger partial charge in [0.05, 0.1) is 0 Å². The Labute approximate surface area is 107 Å². The molecule has 2 aromatic rings. The summed E-state index contributed by atoms with van der Waals surface area (Å²) in [6.07, 6.45) is 0. The lowest BCUT2D eigenvalue weighted by molar-refractivity contribution is 0.463. The number of nitrogen functional groups attached to an aromatic ring is 1. The van der Waals surface area contributed by atoms with Crippen LogP contribution in [-0.2, 0) is 0 Å². The lowest BCUT2D eigenvalue weighted by Crippen LogP contribution is -2.08. The van der Waals surface area contributed by atoms with Crippen molar-refractivity contribution in [3.63, 3.8) is 0 Å². The number of nitrogens with two attached hydrogens (primary N) is 1. The Morgan fingerprint density at radius 1 is 1.12 bits per heavy atom. The van der Waals surface area contributed by atoms with E-state index in [1.54, 1.807) is 12.1 Å². The molecule has 0 aliphatic heterocycles. The van der Waals surface area contributed by atoms with Crippen LogP contribution < -0.4 is 16.0 Å². The number of halogens is 1. The highest BCUT2D eigenvalue weighted by molar-refractivity contribution is 14.1. The van der Waals surface area contributed by atoms with Crippen molar-refractivity contribution < 1.29 is 4.74 Å². The van der Waals surface area contributed by atoms with E-state index in [1.807, 2.05) is 30.3 Å². The van der Waals surface area contributed by atoms with Crippen LogP contribution in [0.4, 0.5) is 5.82 Å². The molecule has 0 aliphatic carbocycles. The van der Waals surface area contributed by atoms with Gasteiger partial charge in [0.1, 0.15) is 11.6 Å². The van der Waals surface area contributed by atoms with E-state index in [1.165, 1.54) is 0 Å². The summed E-state index contributed by atoms with van der Waals surface area (Å²) in [6, 6.07) is 13.1. The first-order valence-corrected chi connectivity index (χ1v) is 5.73. The Balaban J connectivity index is 2.16. The number of hydrogen-bond donors (Lipinski definition) is 2. The minimum atomic E-state index is 0.511. The summed E-state index contributed by atoms with van der Waals surface area (Å²) < 4.78 is 6.73. The number of hydrazine groups is 1. The smallest absolute Gasteiger partial charge is 0.221 e. The maximum atomic E-state index is 5.57. The first-order chi connectivity index (χ1) is 7.78. The number of hydrogen-bond acceptors (Lipinski definition) is 4. The van der Waals surface area contributed by atoms with Crippen molar-refractivity contribution in [2.24, 2.45) is 5.84 Å². The first-order valence-electron chi connectivity index (χ1n) is 4.65. The zero-order chi connectivity index (χ0) is 11.4. The first kappa shape index (κ1) is 11.2. The average Bonchev–Trinajstić information content (AvgIpc) is 2.32. The van der Waals surface area contributed by atoms with Crippen LogP contribution in [0.5, 0.6) is 11.6 Å². The van der Waals surface area contributed by atoms with Crippen LogP contribution in [0.3, 0.4) is 0 Å². The van der Waals surface area contributed by atoms with Crippen LogP contribution in [0.15, 0.2) is 42.5 Å². The van der Waals surface area contributed by atoms with Crippen molar-refractivity contribution in [2.45, 2.75) is 0 Å². The molecule has 3 N–H and O–H groups in total. The van der Waals surface area contributed by atoms with Crippen molar-refractivity contribution in [1.29, 1.82) is 0 Å². The van der Waals surface area contributed by atoms with Gasteiger partial charge in [-0.3, -0.25) is 0 Å². The summed E-state index contributed by atoms with van der Waals surface area (Å²) in [5, 5.41) is 0. The summed E-state index contributed by atoms with van der Waals surface area (Å²) in [4.78, 5) is 4.15. The third kappa shape index (κ3) is 2.83. The molecule has 0 fully saturated rings. The van der Waals surface area contributed by atoms with Crippen LogP contribution in [0.25, 0.3) is 0 Å². The minimum absolute atomic E-state index is 0.511. The molecule has 1 heterocycles. The van der Waals surface area contributed by atoms with E-state index in [2.05, 4.69) is 33.0 Å². The number of ether oxygens (including phenoxy) is 1. The minimum Gasteiger partial charge on any atom is -0.439 e. The monoisotopic (exact) mass is 327 g/mol. The number of benzene rings is 1. The highest BCUT2D eigenvalue weighted by atomic mass is 127. The van der Waals surface area contributed by atoms with E-state index in [-0.39, 0.29) is 0 Å². The van der Waals surface area contributed by atoms with Gasteiger partial charge in [-0.2, -0.15) is 4.98 Å². The van der Waals surface area contributed by atoms with Crippen LogP contribution >= 0.6 is 22.6 Å². The van der Waals surface area contributed by atoms with Gasteiger partial charge >= 0.3 is 0 Å². The zero-order valence-corrected chi connectivity index (χ0v) is 10.5. The van der Waals surface area contributed by atoms with Crippen molar-refractivity contribution in [1.82, 2.24) is 4.98 Å². The fourth-order valence-corrected chi connectivity index (χ4v) is 1.54. The summed E-state index contributed by atoms with van der Waals surface area (Å²) in [6.45, 7) is 0. The van der Waals surface area contributed by atoms with Gasteiger partial charge in [0, 0.05) is 9.64 Å². The third-order valence-electron chi connectivity index (χ3n) is 1.91.